The lowest BCUT2D eigenvalue weighted by molar-refractivity contribution is -0.140. The molecule has 1 aromatic rings. The maximum atomic E-state index is 12.7. The summed E-state index contributed by atoms with van der Waals surface area (Å²) in [6, 6.07) is 3.92. The number of rotatable bonds is 7. The van der Waals surface area contributed by atoms with Crippen molar-refractivity contribution >= 4 is 64.7 Å². The van der Waals surface area contributed by atoms with Crippen LogP contribution in [0.2, 0.25) is 4.34 Å². The zero-order chi connectivity index (χ0) is 19.7. The third kappa shape index (κ3) is 4.64. The fourth-order valence-electron chi connectivity index (χ4n) is 4.58. The highest BCUT2D eigenvalue weighted by Crippen LogP contribution is 2.52. The second kappa shape index (κ2) is 9.78. The molecule has 9 heteroatoms. The first kappa shape index (κ1) is 22.6. The number of halogens is 2. The summed E-state index contributed by atoms with van der Waals surface area (Å²) >= 11 is 7.53. The van der Waals surface area contributed by atoms with Gasteiger partial charge in [-0.15, -0.1) is 35.3 Å². The van der Waals surface area contributed by atoms with Crippen LogP contribution in [-0.2, 0) is 16.0 Å². The summed E-state index contributed by atoms with van der Waals surface area (Å²) in [5.74, 6) is 0.980. The predicted molar refractivity (Wildman–Crippen MR) is 127 cm³/mol. The van der Waals surface area contributed by atoms with Crippen molar-refractivity contribution in [2.45, 2.75) is 19.8 Å². The van der Waals surface area contributed by atoms with Gasteiger partial charge in [-0.2, -0.15) is 0 Å². The Labute approximate surface area is 197 Å². The van der Waals surface area contributed by atoms with Crippen molar-refractivity contribution in [1.82, 2.24) is 15.5 Å². The monoisotopic (exact) mass is 548 g/mol. The van der Waals surface area contributed by atoms with Crippen molar-refractivity contribution in [2.24, 2.45) is 28.7 Å². The van der Waals surface area contributed by atoms with Crippen LogP contribution in [0.5, 0.6) is 0 Å². The molecule has 2 amide bonds. The number of likely N-dealkylation sites (tertiary alicyclic amines) is 1. The van der Waals surface area contributed by atoms with Crippen molar-refractivity contribution in [3.63, 3.8) is 0 Å². The molecule has 4 unspecified atom stereocenters. The van der Waals surface area contributed by atoms with Gasteiger partial charge in [0.05, 0.1) is 16.2 Å². The van der Waals surface area contributed by atoms with Crippen LogP contribution >= 0.6 is 46.9 Å². The number of carbonyl (C=O) groups excluding carboxylic acids is 2. The Balaban J connectivity index is 0.00000240. The van der Waals surface area contributed by atoms with E-state index < -0.39 is 0 Å². The Morgan fingerprint density at radius 3 is 2.48 bits per heavy atom. The van der Waals surface area contributed by atoms with E-state index in [-0.39, 0.29) is 59.5 Å². The first-order valence-electron chi connectivity index (χ1n) is 9.88. The molecule has 1 aromatic heterocycles. The van der Waals surface area contributed by atoms with E-state index in [1.54, 1.807) is 11.3 Å². The number of nitrogens with zero attached hydrogens (tertiary/aromatic N) is 2. The van der Waals surface area contributed by atoms with Crippen LogP contribution in [-0.4, -0.2) is 48.9 Å². The van der Waals surface area contributed by atoms with E-state index in [1.165, 1.54) is 9.78 Å². The largest absolute Gasteiger partial charge is 0.357 e. The number of hydrogen-bond acceptors (Lipinski definition) is 4. The molecule has 0 radical (unpaired) electrons. The summed E-state index contributed by atoms with van der Waals surface area (Å²) in [4.78, 5) is 32.6. The second-order valence-corrected chi connectivity index (χ2v) is 9.27. The summed E-state index contributed by atoms with van der Waals surface area (Å²) < 4.78 is 0.789. The van der Waals surface area contributed by atoms with Crippen LogP contribution in [0.3, 0.4) is 0 Å². The number of aliphatic imine (C=N–C) groups is 1. The predicted octanol–water partition coefficient (Wildman–Crippen LogP) is 2.92. The van der Waals surface area contributed by atoms with Crippen molar-refractivity contribution < 1.29 is 9.59 Å². The van der Waals surface area contributed by atoms with Crippen LogP contribution in [0.25, 0.3) is 0 Å². The summed E-state index contributed by atoms with van der Waals surface area (Å²) in [7, 11) is 0. The molecule has 0 aromatic carbocycles. The third-order valence-corrected chi connectivity index (χ3v) is 7.08. The van der Waals surface area contributed by atoms with Gasteiger partial charge in [-0.1, -0.05) is 23.8 Å². The minimum absolute atomic E-state index is 0. The second-order valence-electron chi connectivity index (χ2n) is 7.47. The van der Waals surface area contributed by atoms with Gasteiger partial charge in [-0.25, -0.2) is 0 Å². The molecule has 4 atom stereocenters. The van der Waals surface area contributed by atoms with E-state index in [0.717, 1.165) is 23.7 Å². The van der Waals surface area contributed by atoms with Crippen molar-refractivity contribution in [3.05, 3.63) is 33.5 Å². The maximum absolute atomic E-state index is 12.7. The van der Waals surface area contributed by atoms with Crippen LogP contribution in [0.4, 0.5) is 0 Å². The summed E-state index contributed by atoms with van der Waals surface area (Å²) in [6.45, 7) is 4.28. The maximum Gasteiger partial charge on any atom is 0.233 e. The molecular formula is C20H26ClIN4O2S. The van der Waals surface area contributed by atoms with E-state index in [2.05, 4.69) is 27.8 Å². The van der Waals surface area contributed by atoms with Gasteiger partial charge in [-0.05, 0) is 37.3 Å². The van der Waals surface area contributed by atoms with E-state index in [9.17, 15) is 9.59 Å². The standard InChI is InChI=1S/C20H25ClN4O2S.HI/c1-2-22-20(23-8-7-14-5-6-15(21)28-14)24-9-10-25-18(26)16-12-3-4-13(11-12)17(16)19(25)27;/h3-6,12-13,16-17H,2,7-11H2,1H3,(H2,22,23,24);1H. The Morgan fingerprint density at radius 2 is 1.90 bits per heavy atom. The molecule has 4 rings (SSSR count). The van der Waals surface area contributed by atoms with Gasteiger partial charge >= 0.3 is 0 Å². The lowest BCUT2D eigenvalue weighted by atomic mass is 9.85. The molecule has 1 saturated carbocycles. The van der Waals surface area contributed by atoms with Gasteiger partial charge in [0.25, 0.3) is 0 Å². The fraction of sp³-hybridized carbons (Fsp3) is 0.550. The lowest BCUT2D eigenvalue weighted by Crippen LogP contribution is -2.43. The number of allylic oxidation sites excluding steroid dienone is 2. The third-order valence-electron chi connectivity index (χ3n) is 5.79. The van der Waals surface area contributed by atoms with Gasteiger partial charge in [0.1, 0.15) is 0 Å². The smallest absolute Gasteiger partial charge is 0.233 e. The SMILES string of the molecule is CCNC(=NCCc1ccc(Cl)s1)NCCN1C(=O)C2C3C=CC(C3)C2C1=O.I. The van der Waals surface area contributed by atoms with Crippen LogP contribution < -0.4 is 10.6 Å². The highest BCUT2D eigenvalue weighted by atomic mass is 127. The van der Waals surface area contributed by atoms with Gasteiger partial charge < -0.3 is 10.6 Å². The zero-order valence-corrected chi connectivity index (χ0v) is 20.2. The van der Waals surface area contributed by atoms with E-state index >= 15 is 0 Å². The Hall–Kier alpha value is -1.13. The first-order valence-corrected chi connectivity index (χ1v) is 11.1. The van der Waals surface area contributed by atoms with Crippen LogP contribution in [0.1, 0.15) is 18.2 Å². The number of guanidine groups is 1. The van der Waals surface area contributed by atoms with Crippen molar-refractivity contribution in [3.8, 4) is 0 Å². The Morgan fingerprint density at radius 1 is 1.21 bits per heavy atom. The average molecular weight is 549 g/mol. The molecule has 2 fully saturated rings. The normalized spacial score (nSPS) is 27.4. The number of nitrogens with one attached hydrogen (secondary N) is 2. The zero-order valence-electron chi connectivity index (χ0n) is 16.3. The first-order chi connectivity index (χ1) is 13.6. The number of fused-ring (bicyclic) bond motifs is 5. The van der Waals surface area contributed by atoms with E-state index in [4.69, 9.17) is 11.6 Å². The van der Waals surface area contributed by atoms with Crippen molar-refractivity contribution in [1.29, 1.82) is 0 Å². The minimum atomic E-state index is -0.123. The highest BCUT2D eigenvalue weighted by molar-refractivity contribution is 14.0. The molecule has 1 saturated heterocycles. The van der Waals surface area contributed by atoms with Gasteiger partial charge in [-0.3, -0.25) is 19.5 Å². The van der Waals surface area contributed by atoms with Gasteiger partial charge in [0.2, 0.25) is 11.8 Å². The molecule has 29 heavy (non-hydrogen) atoms. The molecule has 0 spiro atoms. The number of thiophene rings is 1. The number of carbonyl (C=O) groups is 2. The quantitative estimate of drug-likeness (QED) is 0.181. The average Bonchev–Trinajstić information content (AvgIpc) is 3.43. The van der Waals surface area contributed by atoms with Crippen LogP contribution in [0.15, 0.2) is 29.3 Å². The summed E-state index contributed by atoms with van der Waals surface area (Å²) in [5, 5.41) is 6.44. The number of amides is 2. The molecule has 1 aliphatic heterocycles. The fourth-order valence-corrected chi connectivity index (χ4v) is 5.65. The highest BCUT2D eigenvalue weighted by Gasteiger charge is 2.58. The van der Waals surface area contributed by atoms with E-state index in [1.807, 2.05) is 19.1 Å². The molecular weight excluding hydrogens is 523 g/mol. The molecule has 158 valence electrons. The summed E-state index contributed by atoms with van der Waals surface area (Å²) in [6.07, 6.45) is 6.03. The Kier molecular flexibility index (Phi) is 7.61. The Bertz CT molecular complexity index is 797. The topological polar surface area (TPSA) is 73.8 Å². The molecule has 2 bridgehead atoms. The number of hydrogen-bond donors (Lipinski definition) is 2. The molecule has 2 aliphatic carbocycles. The number of imide groups is 1. The molecule has 3 aliphatic rings. The molecule has 2 N–H and O–H groups in total. The van der Waals surface area contributed by atoms with Crippen molar-refractivity contribution in [2.75, 3.05) is 26.2 Å². The molecule has 2 heterocycles. The van der Waals surface area contributed by atoms with Gasteiger partial charge in [0, 0.05) is 37.5 Å². The van der Waals surface area contributed by atoms with Gasteiger partial charge in [0.15, 0.2) is 5.96 Å². The minimum Gasteiger partial charge on any atom is -0.357 e. The molecule has 6 nitrogen and oxygen atoms in total. The summed E-state index contributed by atoms with van der Waals surface area (Å²) in [5.41, 5.74) is 0. The lowest BCUT2D eigenvalue weighted by Gasteiger charge is -2.18. The van der Waals surface area contributed by atoms with Crippen LogP contribution in [0, 0.1) is 23.7 Å². The van der Waals surface area contributed by atoms with E-state index in [0.29, 0.717) is 25.6 Å².